The number of nitrogens with zero attached hydrogens (tertiary/aromatic N) is 2. The van der Waals surface area contributed by atoms with Crippen LogP contribution in [0.1, 0.15) is 85.9 Å². The van der Waals surface area contributed by atoms with Gasteiger partial charge in [0.05, 0.1) is 12.2 Å². The molecule has 0 amide bonds. The van der Waals surface area contributed by atoms with Crippen molar-refractivity contribution < 1.29 is 27.8 Å². The van der Waals surface area contributed by atoms with E-state index in [0.717, 1.165) is 42.2 Å². The van der Waals surface area contributed by atoms with Crippen LogP contribution in [0.4, 0.5) is 8.78 Å². The Morgan fingerprint density at radius 1 is 1.10 bits per heavy atom. The quantitative estimate of drug-likeness (QED) is 0.178. The first-order chi connectivity index (χ1) is 23.1. The number of rotatable bonds is 4. The van der Waals surface area contributed by atoms with Crippen molar-refractivity contribution in [3.05, 3.63) is 119 Å². The Morgan fingerprint density at radius 3 is 2.79 bits per heavy atom. The van der Waals surface area contributed by atoms with E-state index in [4.69, 9.17) is 25.0 Å². The number of halogens is 2. The van der Waals surface area contributed by atoms with E-state index < -0.39 is 17.6 Å². The number of hydrogen-bond acceptors (Lipinski definition) is 6. The van der Waals surface area contributed by atoms with Crippen LogP contribution in [0.3, 0.4) is 0 Å². The Hall–Kier alpha value is -5.25. The molecular weight excluding hydrogens is 614 g/mol. The second-order valence-corrected chi connectivity index (χ2v) is 12.9. The number of allylic oxidation sites excluding steroid dienone is 1. The number of benzene rings is 3. The van der Waals surface area contributed by atoms with Crippen molar-refractivity contribution in [3.8, 4) is 11.5 Å². The van der Waals surface area contributed by atoms with Gasteiger partial charge in [-0.25, -0.2) is 13.8 Å². The number of carboxylic acid groups (broad SMARTS) is 1. The van der Waals surface area contributed by atoms with Crippen molar-refractivity contribution in [1.82, 2.24) is 9.97 Å². The fourth-order valence-corrected chi connectivity index (χ4v) is 6.16. The summed E-state index contributed by atoms with van der Waals surface area (Å²) in [5.74, 6) is -0.621. The highest BCUT2D eigenvalue weighted by molar-refractivity contribution is 5.86. The lowest BCUT2D eigenvalue weighted by molar-refractivity contribution is -0.136. The molecule has 0 aliphatic carbocycles. The number of carbonyl (C=O) groups is 1. The molecule has 4 bridgehead atoms. The number of aliphatic imine (C=N–C) groups is 1. The number of oxazole rings is 1. The number of aliphatic carboxylic acids is 1. The number of hydrogen-bond donors (Lipinski definition) is 3. The molecule has 3 aromatic carbocycles. The van der Waals surface area contributed by atoms with Gasteiger partial charge in [0, 0.05) is 64.5 Å². The normalized spacial score (nSPS) is 18.0. The number of carboxylic acids is 1. The van der Waals surface area contributed by atoms with E-state index in [1.54, 1.807) is 24.7 Å². The Balaban J connectivity index is 1.40. The maximum atomic E-state index is 15.6. The molecule has 3 heterocycles. The molecule has 248 valence electrons. The third-order valence-electron chi connectivity index (χ3n) is 8.83. The minimum Gasteiger partial charge on any atom is -0.481 e. The second-order valence-electron chi connectivity index (χ2n) is 12.9. The van der Waals surface area contributed by atoms with Gasteiger partial charge < -0.3 is 25.0 Å². The van der Waals surface area contributed by atoms with Crippen LogP contribution in [0.25, 0.3) is 16.6 Å². The minimum atomic E-state index is -0.851. The van der Waals surface area contributed by atoms with Crippen molar-refractivity contribution in [2.45, 2.75) is 70.3 Å². The Bertz CT molecular complexity index is 2010. The minimum absolute atomic E-state index is 0.00353. The van der Waals surface area contributed by atoms with Crippen molar-refractivity contribution in [3.63, 3.8) is 0 Å². The molecule has 5 aromatic rings. The second kappa shape index (κ2) is 13.9. The van der Waals surface area contributed by atoms with E-state index in [9.17, 15) is 4.79 Å². The zero-order valence-corrected chi connectivity index (χ0v) is 26.9. The number of nitrogens with one attached hydrogen (secondary N) is 1. The molecule has 0 radical (unpaired) electrons. The standard InChI is InChI=1S/C38H38F2N4O4/c1-38(2)15-4-3-8-33(24-7-5-6-23(18-24)9-12-35(45)46)42-17-14-32(41)29-19-25(10-11-30(29)39)47-36-28(20-26-22-44-37(38)48-26)27-13-16-43-34(27)21-31(36)40/h5-7,10-11,13-14,16-19,21-22,33,43H,3-4,8-9,12,15,20,41H2,1-2H3,(H,45,46)/b32-14-,42-17?. The highest BCUT2D eigenvalue weighted by atomic mass is 19.1. The first-order valence-corrected chi connectivity index (χ1v) is 16.1. The van der Waals surface area contributed by atoms with Crippen LogP contribution in [0.15, 0.2) is 82.5 Å². The first kappa shape index (κ1) is 32.7. The average molecular weight is 653 g/mol. The lowest BCUT2D eigenvalue weighted by Gasteiger charge is -2.21. The summed E-state index contributed by atoms with van der Waals surface area (Å²) in [6.45, 7) is 4.19. The van der Waals surface area contributed by atoms with Crippen molar-refractivity contribution in [1.29, 1.82) is 0 Å². The van der Waals surface area contributed by atoms with Crippen molar-refractivity contribution >= 4 is 28.8 Å². The van der Waals surface area contributed by atoms with Crippen LogP contribution in [0, 0.1) is 11.6 Å². The first-order valence-electron chi connectivity index (χ1n) is 16.1. The molecule has 1 aliphatic heterocycles. The fourth-order valence-electron chi connectivity index (χ4n) is 6.16. The van der Waals surface area contributed by atoms with E-state index in [-0.39, 0.29) is 47.1 Å². The summed E-state index contributed by atoms with van der Waals surface area (Å²) in [5, 5.41) is 9.93. The maximum Gasteiger partial charge on any atom is 0.303 e. The molecule has 48 heavy (non-hydrogen) atoms. The number of H-pyrrole nitrogens is 1. The number of aromatic nitrogens is 2. The molecule has 8 nitrogen and oxygen atoms in total. The van der Waals surface area contributed by atoms with Gasteiger partial charge in [0.1, 0.15) is 17.3 Å². The molecular formula is C38H38F2N4O4. The van der Waals surface area contributed by atoms with E-state index in [1.165, 1.54) is 24.3 Å². The SMILES string of the molecule is CC1(C)CCCCC(c2cccc(CCC(=O)O)c2)N=C/C=C(\N)c2cc(ccc2F)Oc2c(F)cc3[nH]ccc3c2Cc2cnc1o2. The van der Waals surface area contributed by atoms with Crippen molar-refractivity contribution in [2.24, 2.45) is 10.7 Å². The van der Waals surface area contributed by atoms with Crippen LogP contribution in [0.5, 0.6) is 11.5 Å². The summed E-state index contributed by atoms with van der Waals surface area (Å²) in [6, 6.07) is 14.9. The van der Waals surface area contributed by atoms with Crippen LogP contribution >= 0.6 is 0 Å². The summed E-state index contributed by atoms with van der Waals surface area (Å²) >= 11 is 0. The van der Waals surface area contributed by atoms with Crippen LogP contribution in [0.2, 0.25) is 0 Å². The molecule has 0 fully saturated rings. The van der Waals surface area contributed by atoms with Gasteiger partial charge in [0.25, 0.3) is 0 Å². The molecule has 2 aromatic heterocycles. The molecule has 0 saturated carbocycles. The third kappa shape index (κ3) is 7.33. The molecule has 1 atom stereocenters. The smallest absolute Gasteiger partial charge is 0.303 e. The van der Waals surface area contributed by atoms with Gasteiger partial charge in [0.15, 0.2) is 17.5 Å². The summed E-state index contributed by atoms with van der Waals surface area (Å²) in [7, 11) is 0. The number of ether oxygens (including phenoxy) is 1. The maximum absolute atomic E-state index is 15.6. The number of aryl methyl sites for hydroxylation is 1. The number of nitrogens with two attached hydrogens (primary N) is 1. The highest BCUT2D eigenvalue weighted by Gasteiger charge is 2.27. The van der Waals surface area contributed by atoms with E-state index in [2.05, 4.69) is 23.8 Å². The van der Waals surface area contributed by atoms with E-state index >= 15 is 8.78 Å². The van der Waals surface area contributed by atoms with Gasteiger partial charge in [-0.2, -0.15) is 0 Å². The highest BCUT2D eigenvalue weighted by Crippen LogP contribution is 2.38. The van der Waals surface area contributed by atoms with Crippen LogP contribution in [-0.4, -0.2) is 27.3 Å². The molecule has 1 unspecified atom stereocenters. The topological polar surface area (TPSA) is 127 Å². The predicted molar refractivity (Wildman–Crippen MR) is 181 cm³/mol. The summed E-state index contributed by atoms with van der Waals surface area (Å²) < 4.78 is 43.1. The largest absolute Gasteiger partial charge is 0.481 e. The third-order valence-corrected chi connectivity index (χ3v) is 8.83. The molecule has 6 rings (SSSR count). The van der Waals surface area contributed by atoms with Gasteiger partial charge in [-0.15, -0.1) is 0 Å². The zero-order chi connectivity index (χ0) is 33.8. The zero-order valence-electron chi connectivity index (χ0n) is 26.9. The Kier molecular flexibility index (Phi) is 9.43. The average Bonchev–Trinajstić information content (AvgIpc) is 3.73. The monoisotopic (exact) mass is 652 g/mol. The molecule has 0 saturated heterocycles. The van der Waals surface area contributed by atoms with Gasteiger partial charge >= 0.3 is 5.97 Å². The molecule has 0 spiro atoms. The van der Waals surface area contributed by atoms with Crippen molar-refractivity contribution in [2.75, 3.05) is 0 Å². The van der Waals surface area contributed by atoms with Gasteiger partial charge in [-0.1, -0.05) is 51.0 Å². The Labute approximate surface area is 277 Å². The number of fused-ring (bicyclic) bond motifs is 7. The summed E-state index contributed by atoms with van der Waals surface area (Å²) in [6.07, 6.45) is 10.5. The predicted octanol–water partition coefficient (Wildman–Crippen LogP) is 8.80. The van der Waals surface area contributed by atoms with Gasteiger partial charge in [-0.05, 0) is 60.7 Å². The fraction of sp³-hybridized carbons (Fsp3) is 0.289. The van der Waals surface area contributed by atoms with Crippen LogP contribution in [-0.2, 0) is 23.1 Å². The summed E-state index contributed by atoms with van der Waals surface area (Å²) in [4.78, 5) is 23.7. The van der Waals surface area contributed by atoms with Crippen LogP contribution < -0.4 is 10.5 Å². The number of aromatic amines is 1. The van der Waals surface area contributed by atoms with Gasteiger partial charge in [-0.3, -0.25) is 9.79 Å². The Morgan fingerprint density at radius 2 is 1.96 bits per heavy atom. The van der Waals surface area contributed by atoms with E-state index in [1.807, 2.05) is 30.3 Å². The molecule has 10 heteroatoms. The van der Waals surface area contributed by atoms with Gasteiger partial charge in [0.2, 0.25) is 0 Å². The molecule has 1 aliphatic rings. The lowest BCUT2D eigenvalue weighted by Crippen LogP contribution is -2.17. The summed E-state index contributed by atoms with van der Waals surface area (Å²) in [5.41, 5.74) is 9.28. The molecule has 4 N–H and O–H groups in total. The lowest BCUT2D eigenvalue weighted by atomic mass is 9.86. The van der Waals surface area contributed by atoms with E-state index in [0.29, 0.717) is 29.2 Å².